The van der Waals surface area contributed by atoms with Gasteiger partial charge in [-0.05, 0) is 42.2 Å². The average Bonchev–Trinajstić information content (AvgIpc) is 2.50. The molecule has 0 heterocycles. The van der Waals surface area contributed by atoms with Crippen LogP contribution in [0.2, 0.25) is 0 Å². The van der Waals surface area contributed by atoms with Gasteiger partial charge in [-0.15, -0.1) is 0 Å². The highest BCUT2D eigenvalue weighted by Crippen LogP contribution is 2.40. The molecule has 3 N–H and O–H groups in total. The minimum atomic E-state index is -1.65. The van der Waals surface area contributed by atoms with Crippen molar-refractivity contribution in [1.29, 1.82) is 0 Å². The maximum Gasteiger partial charge on any atom is 0.331 e. The summed E-state index contributed by atoms with van der Waals surface area (Å²) in [6.45, 7) is 2.51. The number of hydrogen-bond donors (Lipinski definition) is 3. The maximum atomic E-state index is 13.7. The fourth-order valence-corrected chi connectivity index (χ4v) is 2.89. The highest BCUT2D eigenvalue weighted by atomic mass is 19.1. The number of benzene rings is 1. The van der Waals surface area contributed by atoms with Crippen molar-refractivity contribution in [2.24, 2.45) is 0 Å². The maximum absolute atomic E-state index is 13.7. The molecular formula is C17H17FO5. The number of carboxylic acids is 2. The molecule has 0 saturated heterocycles. The molecule has 1 aromatic rings. The zero-order valence-corrected chi connectivity index (χ0v) is 12.8. The number of hydrogen-bond acceptors (Lipinski definition) is 3. The molecule has 2 rings (SSSR count). The molecule has 1 aliphatic rings. The van der Waals surface area contributed by atoms with Crippen LogP contribution in [0, 0.1) is 12.7 Å². The molecule has 1 unspecified atom stereocenters. The van der Waals surface area contributed by atoms with E-state index in [0.717, 1.165) is 6.07 Å². The number of aliphatic hydroxyl groups excluding tert-OH is 1. The van der Waals surface area contributed by atoms with E-state index in [9.17, 15) is 29.3 Å². The molecule has 5 nitrogen and oxygen atoms in total. The van der Waals surface area contributed by atoms with E-state index in [-0.39, 0.29) is 28.7 Å². The second-order valence-electron chi connectivity index (χ2n) is 5.61. The van der Waals surface area contributed by atoms with Crippen LogP contribution in [0.5, 0.6) is 0 Å². The first-order valence-electron chi connectivity index (χ1n) is 6.99. The van der Waals surface area contributed by atoms with Crippen LogP contribution in [-0.4, -0.2) is 27.3 Å². The van der Waals surface area contributed by atoms with Gasteiger partial charge in [-0.1, -0.05) is 18.2 Å². The van der Waals surface area contributed by atoms with Crippen LogP contribution in [0.4, 0.5) is 4.39 Å². The lowest BCUT2D eigenvalue weighted by Gasteiger charge is -2.32. The molecule has 0 aromatic heterocycles. The Bertz CT molecular complexity index is 748. The minimum Gasteiger partial charge on any atom is -0.480 e. The van der Waals surface area contributed by atoms with Crippen molar-refractivity contribution in [3.63, 3.8) is 0 Å². The highest BCUT2D eigenvalue weighted by Gasteiger charge is 2.43. The SMILES string of the molecule is CC1=C(C(=O)O)CC(C(=O)O)(c2ccc(F)c(C)c2CO)C=C1. The second-order valence-corrected chi connectivity index (χ2v) is 5.61. The number of rotatable bonds is 4. The number of allylic oxidation sites excluding steroid dienone is 2. The Morgan fingerprint density at radius 3 is 2.43 bits per heavy atom. The molecule has 0 radical (unpaired) electrons. The molecule has 0 fully saturated rings. The van der Waals surface area contributed by atoms with Gasteiger partial charge in [-0.3, -0.25) is 4.79 Å². The Labute approximate surface area is 132 Å². The molecule has 1 aliphatic carbocycles. The van der Waals surface area contributed by atoms with Gasteiger partial charge in [0.1, 0.15) is 11.2 Å². The second kappa shape index (κ2) is 5.96. The largest absolute Gasteiger partial charge is 0.480 e. The minimum absolute atomic E-state index is 0.0132. The zero-order valence-electron chi connectivity index (χ0n) is 12.8. The van der Waals surface area contributed by atoms with Gasteiger partial charge in [0.05, 0.1) is 6.61 Å². The number of carboxylic acid groups (broad SMARTS) is 2. The van der Waals surface area contributed by atoms with Gasteiger partial charge in [0.15, 0.2) is 0 Å². The normalized spacial score (nSPS) is 20.7. The van der Waals surface area contributed by atoms with Crippen molar-refractivity contribution in [2.45, 2.75) is 32.3 Å². The number of carbonyl (C=O) groups is 2. The van der Waals surface area contributed by atoms with E-state index in [4.69, 9.17) is 0 Å². The lowest BCUT2D eigenvalue weighted by atomic mass is 9.69. The summed E-state index contributed by atoms with van der Waals surface area (Å²) in [6.07, 6.45) is 2.59. The number of halogens is 1. The van der Waals surface area contributed by atoms with Crippen molar-refractivity contribution in [3.8, 4) is 0 Å². The molecule has 23 heavy (non-hydrogen) atoms. The Hall–Kier alpha value is -2.47. The summed E-state index contributed by atoms with van der Waals surface area (Å²) in [5.41, 5.74) is -0.666. The molecule has 122 valence electrons. The van der Waals surface area contributed by atoms with Gasteiger partial charge in [0.25, 0.3) is 0 Å². The van der Waals surface area contributed by atoms with Crippen molar-refractivity contribution < 1.29 is 29.3 Å². The molecule has 1 atom stereocenters. The quantitative estimate of drug-likeness (QED) is 0.791. The predicted octanol–water partition coefficient (Wildman–Crippen LogP) is 2.31. The standard InChI is InChI=1S/C17H17FO5/c1-9-5-6-17(16(22)23,7-11(9)15(20)21)13-3-4-14(18)10(2)12(13)8-19/h3-6,19H,7-8H2,1-2H3,(H,20,21)(H,22,23). The summed E-state index contributed by atoms with van der Waals surface area (Å²) in [5, 5.41) is 28.6. The van der Waals surface area contributed by atoms with Gasteiger partial charge >= 0.3 is 11.9 Å². The fraction of sp³-hybridized carbons (Fsp3) is 0.294. The Kier molecular flexibility index (Phi) is 4.38. The predicted molar refractivity (Wildman–Crippen MR) is 80.5 cm³/mol. The molecule has 0 spiro atoms. The summed E-state index contributed by atoms with van der Waals surface area (Å²) in [6, 6.07) is 2.43. The van der Waals surface area contributed by atoms with E-state index in [1.165, 1.54) is 25.1 Å². The third kappa shape index (κ3) is 2.66. The number of aliphatic hydroxyl groups is 1. The molecule has 6 heteroatoms. The van der Waals surface area contributed by atoms with Crippen molar-refractivity contribution in [2.75, 3.05) is 0 Å². The fourth-order valence-electron chi connectivity index (χ4n) is 2.89. The van der Waals surface area contributed by atoms with Crippen LogP contribution in [0.1, 0.15) is 30.0 Å². The average molecular weight is 320 g/mol. The van der Waals surface area contributed by atoms with Crippen molar-refractivity contribution in [1.82, 2.24) is 0 Å². The summed E-state index contributed by atoms with van der Waals surface area (Å²) < 4.78 is 13.7. The lowest BCUT2D eigenvalue weighted by molar-refractivity contribution is -0.142. The van der Waals surface area contributed by atoms with Crippen LogP contribution in [-0.2, 0) is 21.6 Å². The first-order chi connectivity index (χ1) is 10.7. The van der Waals surface area contributed by atoms with Crippen molar-refractivity contribution in [3.05, 3.63) is 57.9 Å². The molecule has 1 aromatic carbocycles. The summed E-state index contributed by atoms with van der Waals surface area (Å²) in [4.78, 5) is 23.4. The van der Waals surface area contributed by atoms with E-state index in [1.54, 1.807) is 6.92 Å². The van der Waals surface area contributed by atoms with Crippen LogP contribution in [0.3, 0.4) is 0 Å². The third-order valence-electron chi connectivity index (χ3n) is 4.36. The molecular weight excluding hydrogens is 303 g/mol. The van der Waals surface area contributed by atoms with Gasteiger partial charge < -0.3 is 15.3 Å². The molecule has 0 amide bonds. The van der Waals surface area contributed by atoms with Gasteiger partial charge in [-0.2, -0.15) is 0 Å². The van der Waals surface area contributed by atoms with Crippen LogP contribution in [0.15, 0.2) is 35.4 Å². The highest BCUT2D eigenvalue weighted by molar-refractivity contribution is 5.94. The summed E-state index contributed by atoms with van der Waals surface area (Å²) in [5.74, 6) is -2.99. The lowest BCUT2D eigenvalue weighted by Crippen LogP contribution is -2.38. The van der Waals surface area contributed by atoms with Gasteiger partial charge in [0.2, 0.25) is 0 Å². The van der Waals surface area contributed by atoms with Crippen LogP contribution < -0.4 is 0 Å². The van der Waals surface area contributed by atoms with E-state index >= 15 is 0 Å². The Morgan fingerprint density at radius 2 is 1.91 bits per heavy atom. The van der Waals surface area contributed by atoms with E-state index in [1.807, 2.05) is 0 Å². The monoisotopic (exact) mass is 320 g/mol. The smallest absolute Gasteiger partial charge is 0.331 e. The van der Waals surface area contributed by atoms with Crippen LogP contribution >= 0.6 is 0 Å². The molecule has 0 bridgehead atoms. The van der Waals surface area contributed by atoms with Gasteiger partial charge in [0, 0.05) is 12.0 Å². The zero-order chi connectivity index (χ0) is 17.4. The van der Waals surface area contributed by atoms with E-state index in [2.05, 4.69) is 0 Å². The summed E-state index contributed by atoms with van der Waals surface area (Å²) >= 11 is 0. The Balaban J connectivity index is 2.72. The molecule has 0 saturated carbocycles. The first kappa shape index (κ1) is 16.9. The third-order valence-corrected chi connectivity index (χ3v) is 4.36. The molecule has 0 aliphatic heterocycles. The van der Waals surface area contributed by atoms with Gasteiger partial charge in [-0.25, -0.2) is 9.18 Å². The van der Waals surface area contributed by atoms with E-state index < -0.39 is 29.8 Å². The number of aliphatic carboxylic acids is 2. The Morgan fingerprint density at radius 1 is 1.26 bits per heavy atom. The topological polar surface area (TPSA) is 94.8 Å². The van der Waals surface area contributed by atoms with E-state index in [0.29, 0.717) is 5.57 Å². The van der Waals surface area contributed by atoms with Crippen molar-refractivity contribution >= 4 is 11.9 Å². The first-order valence-corrected chi connectivity index (χ1v) is 6.99. The summed E-state index contributed by atoms with van der Waals surface area (Å²) in [7, 11) is 0. The van der Waals surface area contributed by atoms with Crippen LogP contribution in [0.25, 0.3) is 0 Å².